The third-order valence-electron chi connectivity index (χ3n) is 3.76. The number of rotatable bonds is 5. The third kappa shape index (κ3) is 3.54. The Balaban J connectivity index is 1.83. The minimum atomic E-state index is 0.819. The number of nitrogens with one attached hydrogen (secondary N) is 1. The zero-order chi connectivity index (χ0) is 16.2. The molecule has 0 aliphatic heterocycles. The number of hydrogen-bond acceptors (Lipinski definition) is 4. The number of hydrogen-bond donors (Lipinski definition) is 1. The van der Waals surface area contributed by atoms with Crippen LogP contribution in [0.3, 0.4) is 0 Å². The highest BCUT2D eigenvalue weighted by atomic mass is 32.1. The second kappa shape index (κ2) is 6.84. The lowest BCUT2D eigenvalue weighted by molar-refractivity contribution is 0.416. The topological polar surface area (TPSA) is 34.1 Å². The van der Waals surface area contributed by atoms with Crippen LogP contribution in [0.2, 0.25) is 0 Å². The Bertz CT molecular complexity index is 793. The van der Waals surface area contributed by atoms with E-state index in [1.165, 1.54) is 11.1 Å². The number of benzene rings is 2. The Morgan fingerprint density at radius 1 is 1.13 bits per heavy atom. The van der Waals surface area contributed by atoms with Crippen molar-refractivity contribution in [1.82, 2.24) is 4.98 Å². The summed E-state index contributed by atoms with van der Waals surface area (Å²) in [6.07, 6.45) is 1.05. The summed E-state index contributed by atoms with van der Waals surface area (Å²) in [6.45, 7) is 4.22. The summed E-state index contributed by atoms with van der Waals surface area (Å²) in [5.41, 5.74) is 5.59. The van der Waals surface area contributed by atoms with Gasteiger partial charge in [-0.3, -0.25) is 0 Å². The molecule has 0 amide bonds. The van der Waals surface area contributed by atoms with Gasteiger partial charge in [0.1, 0.15) is 5.75 Å². The molecule has 0 saturated carbocycles. The fraction of sp³-hybridized carbons (Fsp3) is 0.211. The zero-order valence-corrected chi connectivity index (χ0v) is 14.4. The fourth-order valence-electron chi connectivity index (χ4n) is 2.41. The summed E-state index contributed by atoms with van der Waals surface area (Å²) in [5.74, 6) is 0.819. The van der Waals surface area contributed by atoms with Gasteiger partial charge in [-0.1, -0.05) is 37.3 Å². The van der Waals surface area contributed by atoms with Crippen molar-refractivity contribution in [2.45, 2.75) is 20.3 Å². The summed E-state index contributed by atoms with van der Waals surface area (Å²) in [6, 6.07) is 14.6. The van der Waals surface area contributed by atoms with Gasteiger partial charge in [0.25, 0.3) is 0 Å². The van der Waals surface area contributed by atoms with Crippen LogP contribution in [0.4, 0.5) is 10.8 Å². The molecule has 118 valence electrons. The molecule has 3 nitrogen and oxygen atoms in total. The van der Waals surface area contributed by atoms with Gasteiger partial charge in [-0.2, -0.15) is 0 Å². The van der Waals surface area contributed by atoms with E-state index in [1.807, 2.05) is 12.1 Å². The molecule has 0 aliphatic rings. The van der Waals surface area contributed by atoms with E-state index in [-0.39, 0.29) is 0 Å². The van der Waals surface area contributed by atoms with Gasteiger partial charge in [0.2, 0.25) is 0 Å². The van der Waals surface area contributed by atoms with Crippen LogP contribution >= 0.6 is 11.3 Å². The summed E-state index contributed by atoms with van der Waals surface area (Å²) < 4.78 is 5.40. The average molecular weight is 324 g/mol. The standard InChI is InChI=1S/C19H20N2OS/c1-4-14-6-8-15(9-7-14)17-12-23-19(21-17)20-16-11-13(2)5-10-18(16)22-3/h5-12H,4H2,1-3H3,(H,20,21). The summed E-state index contributed by atoms with van der Waals surface area (Å²) >= 11 is 1.60. The van der Waals surface area contributed by atoms with E-state index in [0.29, 0.717) is 0 Å². The Morgan fingerprint density at radius 3 is 2.61 bits per heavy atom. The molecular formula is C19H20N2OS. The van der Waals surface area contributed by atoms with Crippen molar-refractivity contribution >= 4 is 22.2 Å². The van der Waals surface area contributed by atoms with Crippen molar-refractivity contribution in [2.24, 2.45) is 0 Å². The largest absolute Gasteiger partial charge is 0.495 e. The van der Waals surface area contributed by atoms with Crippen LogP contribution in [0.1, 0.15) is 18.1 Å². The number of nitrogens with zero attached hydrogens (tertiary/aromatic N) is 1. The molecule has 0 atom stereocenters. The van der Waals surface area contributed by atoms with Gasteiger partial charge in [0.15, 0.2) is 5.13 Å². The van der Waals surface area contributed by atoms with Crippen LogP contribution in [0, 0.1) is 6.92 Å². The van der Waals surface area contributed by atoms with Crippen LogP contribution in [-0.4, -0.2) is 12.1 Å². The lowest BCUT2D eigenvalue weighted by atomic mass is 10.1. The average Bonchev–Trinajstić information content (AvgIpc) is 3.04. The second-order valence-electron chi connectivity index (χ2n) is 5.42. The first-order chi connectivity index (χ1) is 11.2. The third-order valence-corrected chi connectivity index (χ3v) is 4.52. The number of ether oxygens (including phenoxy) is 1. The van der Waals surface area contributed by atoms with E-state index < -0.39 is 0 Å². The van der Waals surface area contributed by atoms with E-state index >= 15 is 0 Å². The maximum absolute atomic E-state index is 5.40. The molecule has 0 unspecified atom stereocenters. The van der Waals surface area contributed by atoms with E-state index in [9.17, 15) is 0 Å². The van der Waals surface area contributed by atoms with Gasteiger partial charge in [0.05, 0.1) is 18.5 Å². The smallest absolute Gasteiger partial charge is 0.187 e. The van der Waals surface area contributed by atoms with Crippen LogP contribution < -0.4 is 10.1 Å². The molecule has 0 spiro atoms. The zero-order valence-electron chi connectivity index (χ0n) is 13.6. The molecule has 3 rings (SSSR count). The Kier molecular flexibility index (Phi) is 4.63. The van der Waals surface area contributed by atoms with Crippen LogP contribution in [0.15, 0.2) is 47.8 Å². The molecule has 0 aliphatic carbocycles. The lowest BCUT2D eigenvalue weighted by Crippen LogP contribution is -1.95. The highest BCUT2D eigenvalue weighted by Crippen LogP contribution is 2.32. The normalized spacial score (nSPS) is 10.6. The van der Waals surface area contributed by atoms with Crippen molar-refractivity contribution in [3.05, 3.63) is 59.0 Å². The monoisotopic (exact) mass is 324 g/mol. The maximum atomic E-state index is 5.40. The van der Waals surface area contributed by atoms with Gasteiger partial charge in [0, 0.05) is 10.9 Å². The summed E-state index contributed by atoms with van der Waals surface area (Å²) in [7, 11) is 1.68. The van der Waals surface area contributed by atoms with E-state index in [4.69, 9.17) is 4.74 Å². The SMILES string of the molecule is CCc1ccc(-c2csc(Nc3cc(C)ccc3OC)n2)cc1. The van der Waals surface area contributed by atoms with Gasteiger partial charge in [-0.15, -0.1) is 11.3 Å². The molecule has 0 bridgehead atoms. The lowest BCUT2D eigenvalue weighted by Gasteiger charge is -2.09. The van der Waals surface area contributed by atoms with Crippen molar-refractivity contribution in [2.75, 3.05) is 12.4 Å². The van der Waals surface area contributed by atoms with Crippen molar-refractivity contribution in [3.8, 4) is 17.0 Å². The first-order valence-corrected chi connectivity index (χ1v) is 8.54. The summed E-state index contributed by atoms with van der Waals surface area (Å²) in [5, 5.41) is 6.30. The van der Waals surface area contributed by atoms with Gasteiger partial charge >= 0.3 is 0 Å². The number of anilines is 2. The van der Waals surface area contributed by atoms with Gasteiger partial charge in [-0.05, 0) is 36.6 Å². The minimum Gasteiger partial charge on any atom is -0.495 e. The highest BCUT2D eigenvalue weighted by molar-refractivity contribution is 7.14. The Morgan fingerprint density at radius 2 is 1.91 bits per heavy atom. The van der Waals surface area contributed by atoms with Gasteiger partial charge < -0.3 is 10.1 Å². The maximum Gasteiger partial charge on any atom is 0.187 e. The molecule has 0 saturated heterocycles. The van der Waals surface area contributed by atoms with Crippen molar-refractivity contribution in [3.63, 3.8) is 0 Å². The first kappa shape index (κ1) is 15.6. The molecule has 4 heteroatoms. The molecule has 1 N–H and O–H groups in total. The van der Waals surface area contributed by atoms with Crippen LogP contribution in [0.25, 0.3) is 11.3 Å². The predicted molar refractivity (Wildman–Crippen MR) is 97.9 cm³/mol. The van der Waals surface area contributed by atoms with Gasteiger partial charge in [-0.25, -0.2) is 4.98 Å². The molecule has 0 fully saturated rings. The van der Waals surface area contributed by atoms with E-state index in [1.54, 1.807) is 18.4 Å². The summed E-state index contributed by atoms with van der Waals surface area (Å²) in [4.78, 5) is 4.69. The number of methoxy groups -OCH3 is 1. The number of aryl methyl sites for hydroxylation is 2. The van der Waals surface area contributed by atoms with Crippen LogP contribution in [-0.2, 0) is 6.42 Å². The molecule has 3 aromatic rings. The Hall–Kier alpha value is -2.33. The van der Waals surface area contributed by atoms with E-state index in [2.05, 4.69) is 59.9 Å². The second-order valence-corrected chi connectivity index (χ2v) is 6.28. The molecule has 2 aromatic carbocycles. The quantitative estimate of drug-likeness (QED) is 0.679. The first-order valence-electron chi connectivity index (χ1n) is 7.66. The molecule has 0 radical (unpaired) electrons. The van der Waals surface area contributed by atoms with Crippen molar-refractivity contribution in [1.29, 1.82) is 0 Å². The minimum absolute atomic E-state index is 0.819. The van der Waals surface area contributed by atoms with E-state index in [0.717, 1.165) is 34.2 Å². The fourth-order valence-corrected chi connectivity index (χ4v) is 3.14. The highest BCUT2D eigenvalue weighted by Gasteiger charge is 2.08. The predicted octanol–water partition coefficient (Wildman–Crippen LogP) is 5.43. The Labute approximate surface area is 141 Å². The molecule has 23 heavy (non-hydrogen) atoms. The van der Waals surface area contributed by atoms with Crippen LogP contribution in [0.5, 0.6) is 5.75 Å². The molecule has 1 aromatic heterocycles. The number of aromatic nitrogens is 1. The van der Waals surface area contributed by atoms with Crippen molar-refractivity contribution < 1.29 is 4.74 Å². The number of thiazole rings is 1. The molecule has 1 heterocycles. The molecular weight excluding hydrogens is 304 g/mol.